The molecule has 123 heavy (non-hydrogen) atoms. The normalized spacial score (nSPS) is 21.7. The highest BCUT2D eigenvalue weighted by molar-refractivity contribution is 6.31. The molecule has 6 N–H and O–H groups in total. The van der Waals surface area contributed by atoms with E-state index in [-0.39, 0.29) is 80.7 Å². The van der Waals surface area contributed by atoms with Crippen LogP contribution in [-0.2, 0) is 104 Å². The Bertz CT molecular complexity index is 5370. The first-order valence-electron chi connectivity index (χ1n) is 41.1. The summed E-state index contributed by atoms with van der Waals surface area (Å²) < 4.78 is 17.8. The fourth-order valence-corrected chi connectivity index (χ4v) is 17.5. The summed E-state index contributed by atoms with van der Waals surface area (Å²) in [5, 5.41) is 50.0. The van der Waals surface area contributed by atoms with Crippen LogP contribution < -0.4 is 35.5 Å². The standard InChI is InChI=1S/C91H103Cl4N15O13/c1-56-84(115)98-74(52-111)86(117)100-90(44-58-11-21-67(92)22-12-58)32-9-34-106(54-90)88(119)65(40-82(113)108(56)48-63-15-25-69(94)42-78(63)122-72-27-17-61(18-28-72)76-46-96-80(104(76)7)50-102(3)4)37-60-31-36-110(121)71(38-60)39-66-41-83(114)109(49-64-16-26-70(95)43-79(64)123-73-29-19-62(20-30-73)77-47-97-81(105(77)8)51-103(5)6)57(2)85(116)99-75(53-112)87(118)101-91(33-10-35-107(55-91)89(66)120)45-59-13-23-68(93)24-14-59/h11-31,36,38,42-43,46-47,56-57,65-66,74-75,111-112H,9-10,32-35,37,39-41,44-45,48-55H2,1-8H3,(H,98,115)(H,99,116)(H,100,117)(H,101,118)/t56-,57-,65+,66+,74-,75-,90+,91+/m0/s1. The van der Waals surface area contributed by atoms with Crippen molar-refractivity contribution in [3.05, 3.63) is 235 Å². The van der Waals surface area contributed by atoms with Gasteiger partial charge in [-0.15, -0.1) is 0 Å². The number of fused-ring (bicyclic) bond motifs is 4. The average Bonchev–Trinajstić information content (AvgIpc) is 1.60. The molecule has 28 nitrogen and oxygen atoms in total. The number of aliphatic hydroxyl groups excluding tert-OH is 2. The minimum Gasteiger partial charge on any atom is -0.619 e. The smallest absolute Gasteiger partial charge is 0.245 e. The number of carbonyl (C=O) groups is 8. The second-order valence-electron chi connectivity index (χ2n) is 33.3. The number of amides is 8. The van der Waals surface area contributed by atoms with E-state index in [1.807, 2.05) is 97.6 Å². The quantitative estimate of drug-likeness (QED) is 0.0242. The summed E-state index contributed by atoms with van der Waals surface area (Å²) in [5.74, 6) is -5.21. The molecule has 0 radical (unpaired) electrons. The second kappa shape index (κ2) is 39.3. The van der Waals surface area contributed by atoms with Gasteiger partial charge in [0.25, 0.3) is 0 Å². The Morgan fingerprint density at radius 3 is 1.31 bits per heavy atom. The van der Waals surface area contributed by atoms with Gasteiger partial charge in [-0.3, -0.25) is 38.4 Å². The molecule has 4 fully saturated rings. The number of aromatic nitrogens is 5. The number of imidazole rings is 2. The number of hydrogen-bond acceptors (Lipinski definition) is 17. The molecule has 3 aromatic heterocycles. The third-order valence-corrected chi connectivity index (χ3v) is 24.5. The van der Waals surface area contributed by atoms with Crippen molar-refractivity contribution in [1.82, 2.24) is 69.8 Å². The molecule has 0 saturated carbocycles. The molecule has 4 aliphatic heterocycles. The molecule has 0 unspecified atom stereocenters. The summed E-state index contributed by atoms with van der Waals surface area (Å²) in [4.78, 5) is 143. The van der Waals surface area contributed by atoms with E-state index in [4.69, 9.17) is 55.9 Å². The molecule has 0 spiro atoms. The van der Waals surface area contributed by atoms with E-state index in [0.717, 1.165) is 45.3 Å². The van der Waals surface area contributed by atoms with Gasteiger partial charge in [0.05, 0.1) is 86.1 Å². The number of nitrogens with one attached hydrogen (secondary N) is 4. The van der Waals surface area contributed by atoms with Crippen LogP contribution in [0.15, 0.2) is 164 Å². The van der Waals surface area contributed by atoms with Crippen molar-refractivity contribution in [2.24, 2.45) is 25.9 Å². The van der Waals surface area contributed by atoms with Crippen molar-refractivity contribution in [3.63, 3.8) is 0 Å². The number of halogens is 4. The lowest BCUT2D eigenvalue weighted by Crippen LogP contribution is -2.65. The lowest BCUT2D eigenvalue weighted by molar-refractivity contribution is -0.614. The highest BCUT2D eigenvalue weighted by Gasteiger charge is 2.47. The van der Waals surface area contributed by atoms with E-state index in [1.54, 1.807) is 125 Å². The van der Waals surface area contributed by atoms with E-state index in [0.29, 0.717) is 86.8 Å². The van der Waals surface area contributed by atoms with Gasteiger partial charge in [0.15, 0.2) is 11.9 Å². The molecule has 0 aliphatic carbocycles. The molecule has 4 aliphatic rings. The summed E-state index contributed by atoms with van der Waals surface area (Å²) >= 11 is 26.2. The Labute approximate surface area is 734 Å². The Balaban J connectivity index is 0.857. The monoisotopic (exact) mass is 1750 g/mol. The predicted octanol–water partition coefficient (Wildman–Crippen LogP) is 9.80. The van der Waals surface area contributed by atoms with Crippen LogP contribution in [0.4, 0.5) is 0 Å². The number of ether oxygens (including phenoxy) is 2. The largest absolute Gasteiger partial charge is 0.619 e. The molecule has 13 rings (SSSR count). The van der Waals surface area contributed by atoms with E-state index in [2.05, 4.69) is 31.2 Å². The number of carbonyl (C=O) groups excluding carboxylic acids is 8. The van der Waals surface area contributed by atoms with Crippen LogP contribution in [0.2, 0.25) is 20.1 Å². The SMILES string of the molecule is C[C@H]1C(=O)N[C@@H](CO)C(=O)N[C@@]2(Cc3ccc(Cl)cc3)CCCN(C2)C(=O)[C@H](Cc2cc[n+]([O-])c(C[C@@H]3CC(=O)N(Cc4ccc(Cl)cc4Oc4ccc(-c5cnc(CN(C)C)n5C)cc4)[C@@H](C)C(=O)N[C@@H](CO)C(=O)N[C@@]4(Cc5ccc(Cl)cc5)CCCN(C4)C3=O)c2)CC(=O)N1Cc1ccc(Cl)cc1Oc1ccc(-c2cnc(CN(C)C)n2C)cc1. The van der Waals surface area contributed by atoms with Crippen molar-refractivity contribution in [3.8, 4) is 45.5 Å². The van der Waals surface area contributed by atoms with E-state index in [9.17, 15) is 34.6 Å². The van der Waals surface area contributed by atoms with Crippen LogP contribution in [0.25, 0.3) is 22.5 Å². The van der Waals surface area contributed by atoms with Crippen LogP contribution >= 0.6 is 46.4 Å². The number of aliphatic hydroxyl groups is 2. The fraction of sp³-hybridized carbons (Fsp3) is 0.396. The maximum absolute atomic E-state index is 16.1. The summed E-state index contributed by atoms with van der Waals surface area (Å²) in [6, 6.07) is 35.6. The lowest BCUT2D eigenvalue weighted by Gasteiger charge is -2.45. The first-order valence-corrected chi connectivity index (χ1v) is 42.6. The van der Waals surface area contributed by atoms with Crippen LogP contribution in [0, 0.1) is 17.0 Å². The minimum absolute atomic E-state index is 0.0128. The fourth-order valence-electron chi connectivity index (χ4n) is 16.9. The van der Waals surface area contributed by atoms with E-state index >= 15 is 19.2 Å². The van der Waals surface area contributed by atoms with Gasteiger partial charge in [-0.05, 0) is 201 Å². The van der Waals surface area contributed by atoms with Crippen LogP contribution in [-0.4, -0.2) is 209 Å². The third kappa shape index (κ3) is 21.8. The van der Waals surface area contributed by atoms with Crippen molar-refractivity contribution in [2.45, 2.75) is 139 Å². The predicted molar refractivity (Wildman–Crippen MR) is 466 cm³/mol. The van der Waals surface area contributed by atoms with Gasteiger partial charge in [0.1, 0.15) is 58.8 Å². The van der Waals surface area contributed by atoms with E-state index < -0.39 is 127 Å². The third-order valence-electron chi connectivity index (χ3n) is 23.5. The van der Waals surface area contributed by atoms with Gasteiger partial charge in [-0.1, -0.05) is 82.8 Å². The molecule has 7 heterocycles. The number of pyridine rings is 1. The van der Waals surface area contributed by atoms with Crippen molar-refractivity contribution < 1.29 is 62.8 Å². The molecule has 6 aromatic carbocycles. The average molecular weight is 1760 g/mol. The highest BCUT2D eigenvalue weighted by Crippen LogP contribution is 2.38. The second-order valence-corrected chi connectivity index (χ2v) is 35.0. The van der Waals surface area contributed by atoms with Crippen LogP contribution in [0.5, 0.6) is 23.0 Å². The van der Waals surface area contributed by atoms with Crippen LogP contribution in [0.1, 0.15) is 97.5 Å². The van der Waals surface area contributed by atoms with Crippen LogP contribution in [0.3, 0.4) is 0 Å². The summed E-state index contributed by atoms with van der Waals surface area (Å²) in [6.07, 6.45) is 4.88. The molecule has 648 valence electrons. The maximum Gasteiger partial charge on any atom is 0.245 e. The lowest BCUT2D eigenvalue weighted by atomic mass is 9.81. The number of benzene rings is 6. The Morgan fingerprint density at radius 1 is 0.512 bits per heavy atom. The van der Waals surface area contributed by atoms with Gasteiger partial charge in [0.2, 0.25) is 47.3 Å². The van der Waals surface area contributed by atoms with Crippen molar-refractivity contribution in [1.29, 1.82) is 0 Å². The number of hydrogen-bond donors (Lipinski definition) is 6. The Hall–Kier alpha value is -11.0. The number of piperidine rings is 2. The Kier molecular flexibility index (Phi) is 28.7. The first kappa shape index (κ1) is 89.8. The van der Waals surface area contributed by atoms with Crippen molar-refractivity contribution >= 4 is 93.7 Å². The summed E-state index contributed by atoms with van der Waals surface area (Å²) in [6.45, 7) is 2.07. The topological polar surface area (TPSA) is 326 Å². The number of nitrogens with zero attached hydrogens (tertiary/aromatic N) is 11. The zero-order chi connectivity index (χ0) is 87.7. The molecule has 4 bridgehead atoms. The molecule has 32 heteroatoms. The van der Waals surface area contributed by atoms with Gasteiger partial charge in [-0.25, -0.2) is 9.97 Å². The van der Waals surface area contributed by atoms with Gasteiger partial charge >= 0.3 is 0 Å². The highest BCUT2D eigenvalue weighted by atomic mass is 35.5. The zero-order valence-electron chi connectivity index (χ0n) is 70.0. The molecular formula is C91H103Cl4N15O13. The number of rotatable bonds is 24. The molecule has 4 saturated heterocycles. The van der Waals surface area contributed by atoms with E-state index in [1.165, 1.54) is 35.9 Å². The molecule has 8 atom stereocenters. The van der Waals surface area contributed by atoms with Gasteiger partial charge < -0.3 is 84.7 Å². The zero-order valence-corrected chi connectivity index (χ0v) is 73.0. The Morgan fingerprint density at radius 2 is 0.911 bits per heavy atom. The summed E-state index contributed by atoms with van der Waals surface area (Å²) in [5.41, 5.74) is 3.69. The minimum atomic E-state index is -1.52. The molecule has 8 amide bonds. The first-order chi connectivity index (χ1) is 58.8. The molecule has 9 aromatic rings. The van der Waals surface area contributed by atoms with Gasteiger partial charge in [0, 0.05) is 114 Å². The molecular weight excluding hydrogens is 1650 g/mol. The van der Waals surface area contributed by atoms with Crippen molar-refractivity contribution in [2.75, 3.05) is 67.6 Å². The maximum atomic E-state index is 16.1. The summed E-state index contributed by atoms with van der Waals surface area (Å²) in [7, 11) is 11.7. The van der Waals surface area contributed by atoms with Gasteiger partial charge in [-0.2, -0.15) is 4.73 Å².